The molecule has 1 aliphatic carbocycles. The Kier molecular flexibility index (Phi) is 6.06. The van der Waals surface area contributed by atoms with Crippen LogP contribution in [0.3, 0.4) is 0 Å². The molecule has 0 fully saturated rings. The average molecular weight is 425 g/mol. The molecular weight excluding hydrogens is 396 g/mol. The fraction of sp³-hybridized carbons (Fsp3) is 0.375. The first kappa shape index (κ1) is 20.8. The zero-order valence-electron chi connectivity index (χ0n) is 17.5. The minimum atomic E-state index is -3.37. The van der Waals surface area contributed by atoms with Gasteiger partial charge in [-0.1, -0.05) is 30.3 Å². The lowest BCUT2D eigenvalue weighted by Crippen LogP contribution is -2.34. The van der Waals surface area contributed by atoms with Crippen molar-refractivity contribution in [2.24, 2.45) is 0 Å². The number of aromatic nitrogens is 1. The molecule has 0 spiro atoms. The topological polar surface area (TPSA) is 59.5 Å². The molecule has 1 atom stereocenters. The molecule has 0 saturated heterocycles. The van der Waals surface area contributed by atoms with Crippen LogP contribution in [0.1, 0.15) is 35.4 Å². The lowest BCUT2D eigenvalue weighted by Gasteiger charge is -2.28. The molecule has 1 aromatic heterocycles. The Labute approximate surface area is 178 Å². The van der Waals surface area contributed by atoms with E-state index in [2.05, 4.69) is 11.1 Å². The smallest absolute Gasteiger partial charge is 0.214 e. The van der Waals surface area contributed by atoms with E-state index in [4.69, 9.17) is 4.74 Å². The van der Waals surface area contributed by atoms with Crippen LogP contribution < -0.4 is 4.74 Å². The van der Waals surface area contributed by atoms with Gasteiger partial charge in [-0.05, 0) is 66.5 Å². The molecule has 30 heavy (non-hydrogen) atoms. The highest BCUT2D eigenvalue weighted by Gasteiger charge is 2.29. The maximum Gasteiger partial charge on any atom is 0.214 e. The van der Waals surface area contributed by atoms with E-state index in [-0.39, 0.29) is 11.7 Å². The lowest BCUT2D eigenvalue weighted by molar-refractivity contribution is 0.403. The van der Waals surface area contributed by atoms with Gasteiger partial charge in [0.25, 0.3) is 0 Å². The number of sulfonamides is 1. The minimum Gasteiger partial charge on any atom is -0.496 e. The summed E-state index contributed by atoms with van der Waals surface area (Å²) in [5.41, 5.74) is 4.35. The Morgan fingerprint density at radius 1 is 1.13 bits per heavy atom. The number of methoxy groups -OCH3 is 1. The molecule has 1 heterocycles. The fourth-order valence-electron chi connectivity index (χ4n) is 4.46. The van der Waals surface area contributed by atoms with E-state index in [1.165, 1.54) is 4.31 Å². The molecular formula is C24H28N2O3S. The standard InChI is InChI=1S/C24H28N2O3S/c1-26(16-14-18-7-4-12-23-21(18)11-6-15-25-23)30(27,28)17-19-8-3-10-22-20(19)9-5-13-24(22)29-2/h4-7,9,11-13,15,19H,3,8,10,14,16-17H2,1-2H3/t19-/m0/s1. The Bertz CT molecular complexity index is 1140. The van der Waals surface area contributed by atoms with Crippen LogP contribution in [-0.4, -0.2) is 44.2 Å². The summed E-state index contributed by atoms with van der Waals surface area (Å²) in [5.74, 6) is 1.02. The van der Waals surface area contributed by atoms with Crippen molar-refractivity contribution in [3.63, 3.8) is 0 Å². The van der Waals surface area contributed by atoms with Crippen LogP contribution in [0.5, 0.6) is 5.75 Å². The monoisotopic (exact) mass is 424 g/mol. The zero-order chi connectivity index (χ0) is 21.1. The summed E-state index contributed by atoms with van der Waals surface area (Å²) >= 11 is 0. The van der Waals surface area contributed by atoms with Crippen molar-refractivity contribution in [1.29, 1.82) is 0 Å². The van der Waals surface area contributed by atoms with Gasteiger partial charge in [0, 0.05) is 25.2 Å². The number of ether oxygens (including phenoxy) is 1. The second kappa shape index (κ2) is 8.74. The normalized spacial score (nSPS) is 16.6. The van der Waals surface area contributed by atoms with Gasteiger partial charge >= 0.3 is 0 Å². The van der Waals surface area contributed by atoms with Crippen molar-refractivity contribution in [2.45, 2.75) is 31.6 Å². The predicted molar refractivity (Wildman–Crippen MR) is 121 cm³/mol. The van der Waals surface area contributed by atoms with Crippen LogP contribution in [0.4, 0.5) is 0 Å². The van der Waals surface area contributed by atoms with Crippen molar-refractivity contribution in [1.82, 2.24) is 9.29 Å². The number of pyridine rings is 1. The summed E-state index contributed by atoms with van der Waals surface area (Å²) in [6.07, 6.45) is 5.26. The van der Waals surface area contributed by atoms with Gasteiger partial charge < -0.3 is 4.74 Å². The second-order valence-corrected chi connectivity index (χ2v) is 10.1. The van der Waals surface area contributed by atoms with E-state index in [1.807, 2.05) is 42.5 Å². The third kappa shape index (κ3) is 4.20. The molecule has 0 unspecified atom stereocenters. The van der Waals surface area contributed by atoms with E-state index >= 15 is 0 Å². The summed E-state index contributed by atoms with van der Waals surface area (Å²) in [7, 11) is -0.00704. The zero-order valence-corrected chi connectivity index (χ0v) is 18.4. The fourth-order valence-corrected chi connectivity index (χ4v) is 5.94. The Morgan fingerprint density at radius 2 is 1.97 bits per heavy atom. The summed E-state index contributed by atoms with van der Waals surface area (Å²) in [4.78, 5) is 4.39. The van der Waals surface area contributed by atoms with E-state index in [0.29, 0.717) is 13.0 Å². The predicted octanol–water partition coefficient (Wildman–Crippen LogP) is 4.17. The highest BCUT2D eigenvalue weighted by molar-refractivity contribution is 7.89. The van der Waals surface area contributed by atoms with Crippen LogP contribution in [-0.2, 0) is 22.9 Å². The third-order valence-corrected chi connectivity index (χ3v) is 8.08. The van der Waals surface area contributed by atoms with Crippen molar-refractivity contribution in [3.05, 3.63) is 71.4 Å². The number of rotatable bonds is 7. The number of hydrogen-bond donors (Lipinski definition) is 0. The van der Waals surface area contributed by atoms with Gasteiger partial charge in [-0.3, -0.25) is 4.98 Å². The van der Waals surface area contributed by atoms with E-state index in [9.17, 15) is 8.42 Å². The van der Waals surface area contributed by atoms with Crippen molar-refractivity contribution >= 4 is 20.9 Å². The number of benzene rings is 2. The lowest BCUT2D eigenvalue weighted by atomic mass is 9.83. The SMILES string of the molecule is COc1cccc2c1CCC[C@H]2CS(=O)(=O)N(C)CCc1cccc2ncccc12. The molecule has 0 radical (unpaired) electrons. The highest BCUT2D eigenvalue weighted by atomic mass is 32.2. The molecule has 0 saturated carbocycles. The van der Waals surface area contributed by atoms with Crippen molar-refractivity contribution < 1.29 is 13.2 Å². The summed E-state index contributed by atoms with van der Waals surface area (Å²) in [6.45, 7) is 0.452. The van der Waals surface area contributed by atoms with Crippen molar-refractivity contribution in [2.75, 3.05) is 26.5 Å². The maximum atomic E-state index is 13.1. The molecule has 5 nitrogen and oxygen atoms in total. The van der Waals surface area contributed by atoms with E-state index in [0.717, 1.165) is 52.6 Å². The number of fused-ring (bicyclic) bond motifs is 2. The van der Waals surface area contributed by atoms with E-state index < -0.39 is 10.0 Å². The first-order chi connectivity index (χ1) is 14.5. The summed E-state index contributed by atoms with van der Waals surface area (Å²) in [6, 6.07) is 15.9. The average Bonchev–Trinajstić information content (AvgIpc) is 2.77. The quantitative estimate of drug-likeness (QED) is 0.571. The van der Waals surface area contributed by atoms with Crippen molar-refractivity contribution in [3.8, 4) is 5.75 Å². The van der Waals surface area contributed by atoms with Crippen LogP contribution in [0.15, 0.2) is 54.7 Å². The number of hydrogen-bond acceptors (Lipinski definition) is 4. The van der Waals surface area contributed by atoms with Crippen LogP contribution in [0, 0.1) is 0 Å². The minimum absolute atomic E-state index is 0.0121. The number of nitrogens with zero attached hydrogens (tertiary/aromatic N) is 2. The first-order valence-corrected chi connectivity index (χ1v) is 12.0. The molecule has 6 heteroatoms. The Morgan fingerprint density at radius 3 is 2.80 bits per heavy atom. The second-order valence-electron chi connectivity index (χ2n) is 7.95. The van der Waals surface area contributed by atoms with Gasteiger partial charge in [-0.2, -0.15) is 0 Å². The van der Waals surface area contributed by atoms with Crippen LogP contribution >= 0.6 is 0 Å². The van der Waals surface area contributed by atoms with Gasteiger partial charge in [0.1, 0.15) is 5.75 Å². The van der Waals surface area contributed by atoms with Gasteiger partial charge in [-0.25, -0.2) is 12.7 Å². The molecule has 3 aromatic rings. The Balaban J connectivity index is 1.48. The summed E-state index contributed by atoms with van der Waals surface area (Å²) in [5, 5.41) is 1.08. The van der Waals surface area contributed by atoms with Crippen LogP contribution in [0.2, 0.25) is 0 Å². The molecule has 4 rings (SSSR count). The number of likely N-dealkylation sites (N-methyl/N-ethyl adjacent to an activating group) is 1. The van der Waals surface area contributed by atoms with Gasteiger partial charge in [0.05, 0.1) is 18.4 Å². The molecule has 0 amide bonds. The van der Waals surface area contributed by atoms with Gasteiger partial charge in [0.15, 0.2) is 0 Å². The maximum absolute atomic E-state index is 13.1. The summed E-state index contributed by atoms with van der Waals surface area (Å²) < 4.78 is 33.3. The molecule has 0 aliphatic heterocycles. The molecule has 158 valence electrons. The molecule has 1 aliphatic rings. The Hall–Kier alpha value is -2.44. The van der Waals surface area contributed by atoms with Gasteiger partial charge in [-0.15, -0.1) is 0 Å². The highest BCUT2D eigenvalue weighted by Crippen LogP contribution is 2.37. The van der Waals surface area contributed by atoms with Gasteiger partial charge in [0.2, 0.25) is 10.0 Å². The third-order valence-electron chi connectivity index (χ3n) is 6.13. The first-order valence-electron chi connectivity index (χ1n) is 10.4. The largest absolute Gasteiger partial charge is 0.496 e. The van der Waals surface area contributed by atoms with Crippen LogP contribution in [0.25, 0.3) is 10.9 Å². The molecule has 0 bridgehead atoms. The van der Waals surface area contributed by atoms with E-state index in [1.54, 1.807) is 20.4 Å². The molecule has 2 aromatic carbocycles. The molecule has 0 N–H and O–H groups in total.